The van der Waals surface area contributed by atoms with Gasteiger partial charge in [-0.2, -0.15) is 0 Å². The first-order valence-corrected chi connectivity index (χ1v) is 8.25. The van der Waals surface area contributed by atoms with Crippen LogP contribution < -0.4 is 0 Å². The lowest BCUT2D eigenvalue weighted by molar-refractivity contribution is -0.484. The number of aldehydes is 1. The average molecular weight is 374 g/mol. The number of benzene rings is 1. The van der Waals surface area contributed by atoms with E-state index in [-0.39, 0.29) is 12.1 Å². The molecule has 0 aliphatic heterocycles. The maximum atomic E-state index is 12.7. The minimum absolute atomic E-state index is 0.187. The molecule has 9 nitrogen and oxygen atoms in total. The minimum atomic E-state index is -1.89. The number of carbonyl (C=O) groups excluding carboxylic acids is 3. The average Bonchev–Trinajstić information content (AvgIpc) is 3.06. The fourth-order valence-corrected chi connectivity index (χ4v) is 4.03. The number of hydrogen-bond donors (Lipinski definition) is 1. The summed E-state index contributed by atoms with van der Waals surface area (Å²) in [6.45, 7) is -0.503. The number of esters is 2. The van der Waals surface area contributed by atoms with Gasteiger partial charge in [-0.25, -0.2) is 0 Å². The summed E-state index contributed by atoms with van der Waals surface area (Å²) >= 11 is 0. The highest BCUT2D eigenvalue weighted by atomic mass is 16.6. The third kappa shape index (κ3) is 2.66. The molecule has 0 bridgehead atoms. The summed E-state index contributed by atoms with van der Waals surface area (Å²) in [5, 5.41) is 11.8. The zero-order valence-corrected chi connectivity index (χ0v) is 14.8. The van der Waals surface area contributed by atoms with Gasteiger partial charge in [0, 0.05) is 27.4 Å². The van der Waals surface area contributed by atoms with E-state index >= 15 is 0 Å². The fourth-order valence-electron chi connectivity index (χ4n) is 4.03. The maximum Gasteiger partial charge on any atom is 0.329 e. The summed E-state index contributed by atoms with van der Waals surface area (Å²) in [6.07, 6.45) is 0.285. The van der Waals surface area contributed by atoms with Gasteiger partial charge in [0.2, 0.25) is 12.0 Å². The van der Waals surface area contributed by atoms with Gasteiger partial charge in [0.1, 0.15) is 6.29 Å². The summed E-state index contributed by atoms with van der Waals surface area (Å²) < 4.78 is 9.74. The second kappa shape index (κ2) is 6.82. The maximum absolute atomic E-state index is 12.7. The van der Waals surface area contributed by atoms with Crippen molar-refractivity contribution >= 4 is 29.1 Å². The van der Waals surface area contributed by atoms with E-state index in [0.717, 1.165) is 14.2 Å². The highest BCUT2D eigenvalue weighted by molar-refractivity contribution is 6.08. The molecule has 142 valence electrons. The number of fused-ring (bicyclic) bond motifs is 3. The topological polar surface area (TPSA) is 129 Å². The van der Waals surface area contributed by atoms with Gasteiger partial charge in [0.15, 0.2) is 0 Å². The van der Waals surface area contributed by atoms with E-state index in [0.29, 0.717) is 22.8 Å². The molecule has 1 N–H and O–H groups in total. The quantitative estimate of drug-likeness (QED) is 0.275. The van der Waals surface area contributed by atoms with Crippen LogP contribution in [0.5, 0.6) is 0 Å². The van der Waals surface area contributed by atoms with Crippen LogP contribution in [0.4, 0.5) is 0 Å². The molecular formula is C18H18N2O7. The van der Waals surface area contributed by atoms with Gasteiger partial charge in [0.25, 0.3) is 0 Å². The molecule has 1 aromatic heterocycles. The molecule has 3 rings (SSSR count). The number of nitrogens with zero attached hydrogens (tertiary/aromatic N) is 1. The number of hydrogen-bond acceptors (Lipinski definition) is 7. The molecule has 1 aromatic carbocycles. The van der Waals surface area contributed by atoms with E-state index < -0.39 is 40.7 Å². The number of carbonyl (C=O) groups is 3. The van der Waals surface area contributed by atoms with Gasteiger partial charge in [0.05, 0.1) is 20.1 Å². The van der Waals surface area contributed by atoms with Crippen molar-refractivity contribution in [2.75, 3.05) is 20.8 Å². The highest BCUT2D eigenvalue weighted by Gasteiger charge is 2.59. The van der Waals surface area contributed by atoms with Crippen LogP contribution in [0.25, 0.3) is 10.9 Å². The van der Waals surface area contributed by atoms with Crippen molar-refractivity contribution in [3.05, 3.63) is 45.6 Å². The molecule has 0 spiro atoms. The van der Waals surface area contributed by atoms with Gasteiger partial charge in [-0.05, 0) is 18.1 Å². The first-order valence-electron chi connectivity index (χ1n) is 8.25. The molecule has 0 saturated heterocycles. The molecule has 2 atom stereocenters. The monoisotopic (exact) mass is 374 g/mol. The second-order valence-corrected chi connectivity index (χ2v) is 6.47. The smallest absolute Gasteiger partial charge is 0.329 e. The van der Waals surface area contributed by atoms with Crippen LogP contribution in [-0.4, -0.2) is 48.9 Å². The molecule has 0 saturated carbocycles. The number of aromatic amines is 1. The van der Waals surface area contributed by atoms with E-state index in [1.165, 1.54) is 0 Å². The predicted octanol–water partition coefficient (Wildman–Crippen LogP) is 1.33. The molecule has 1 aliphatic carbocycles. The van der Waals surface area contributed by atoms with Crippen molar-refractivity contribution in [3.63, 3.8) is 0 Å². The van der Waals surface area contributed by atoms with Crippen molar-refractivity contribution in [2.24, 2.45) is 5.92 Å². The molecule has 9 heteroatoms. The first-order chi connectivity index (χ1) is 12.9. The second-order valence-electron chi connectivity index (χ2n) is 6.47. The molecule has 0 radical (unpaired) electrons. The van der Waals surface area contributed by atoms with Crippen molar-refractivity contribution < 1.29 is 28.8 Å². The number of nitro groups is 1. The molecule has 0 fully saturated rings. The van der Waals surface area contributed by atoms with Gasteiger partial charge >= 0.3 is 11.9 Å². The number of methoxy groups -OCH3 is 2. The molecule has 1 aliphatic rings. The zero-order valence-electron chi connectivity index (χ0n) is 14.8. The number of nitrogens with one attached hydrogen (secondary N) is 1. The van der Waals surface area contributed by atoms with Crippen LogP contribution in [0.1, 0.15) is 23.6 Å². The predicted molar refractivity (Wildman–Crippen MR) is 92.8 cm³/mol. The van der Waals surface area contributed by atoms with E-state index in [1.54, 1.807) is 24.3 Å². The summed E-state index contributed by atoms with van der Waals surface area (Å²) in [6, 6.07) is 6.94. The Morgan fingerprint density at radius 2 is 1.93 bits per heavy atom. The summed E-state index contributed by atoms with van der Waals surface area (Å²) in [5.41, 5.74) is -0.704. The highest BCUT2D eigenvalue weighted by Crippen LogP contribution is 2.49. The number of H-pyrrole nitrogens is 1. The SMILES string of the molecule is COC(=O)C1(C(=O)OC)C[C@H](C=O)[C@@H](C[N+](=O)[O-])c2c1[nH]c1ccccc21. The summed E-state index contributed by atoms with van der Waals surface area (Å²) in [4.78, 5) is 51.0. The Kier molecular flexibility index (Phi) is 4.69. The largest absolute Gasteiger partial charge is 0.468 e. The van der Waals surface area contributed by atoms with Crippen molar-refractivity contribution in [1.29, 1.82) is 0 Å². The zero-order chi connectivity index (χ0) is 19.8. The van der Waals surface area contributed by atoms with E-state index in [4.69, 9.17) is 9.47 Å². The Labute approximate surface area is 153 Å². The van der Waals surface area contributed by atoms with Gasteiger partial charge in [-0.1, -0.05) is 18.2 Å². The third-order valence-electron chi connectivity index (χ3n) is 5.19. The molecule has 0 unspecified atom stereocenters. The lowest BCUT2D eigenvalue weighted by Crippen LogP contribution is -2.51. The van der Waals surface area contributed by atoms with Gasteiger partial charge in [-0.3, -0.25) is 19.7 Å². The summed E-state index contributed by atoms with van der Waals surface area (Å²) in [5.74, 6) is -3.48. The van der Waals surface area contributed by atoms with Crippen LogP contribution in [0.15, 0.2) is 24.3 Å². The lowest BCUT2D eigenvalue weighted by atomic mass is 9.64. The van der Waals surface area contributed by atoms with E-state index in [1.807, 2.05) is 0 Å². The van der Waals surface area contributed by atoms with Gasteiger partial charge in [-0.15, -0.1) is 0 Å². The number of para-hydroxylation sites is 1. The van der Waals surface area contributed by atoms with Gasteiger partial charge < -0.3 is 19.3 Å². The lowest BCUT2D eigenvalue weighted by Gasteiger charge is -2.37. The van der Waals surface area contributed by atoms with Crippen LogP contribution in [0.2, 0.25) is 0 Å². The van der Waals surface area contributed by atoms with Crippen LogP contribution >= 0.6 is 0 Å². The minimum Gasteiger partial charge on any atom is -0.468 e. The molecule has 2 aromatic rings. The Morgan fingerprint density at radius 3 is 2.48 bits per heavy atom. The summed E-state index contributed by atoms with van der Waals surface area (Å²) in [7, 11) is 2.27. The number of ether oxygens (including phenoxy) is 2. The van der Waals surface area contributed by atoms with Crippen molar-refractivity contribution in [1.82, 2.24) is 4.98 Å². The standard InChI is InChI=1S/C18H18N2O7/c1-26-16(22)18(17(23)27-2)7-10(9-21)12(8-20(24)25)14-11-5-3-4-6-13(11)19-15(14)18/h3-6,9-10,12,19H,7-8H2,1-2H3/t10-,12-/m1/s1. The Balaban J connectivity index is 2.39. The Bertz CT molecular complexity index is 917. The third-order valence-corrected chi connectivity index (χ3v) is 5.19. The van der Waals surface area contributed by atoms with Crippen molar-refractivity contribution in [3.8, 4) is 0 Å². The molecule has 27 heavy (non-hydrogen) atoms. The fraction of sp³-hybridized carbons (Fsp3) is 0.389. The van der Waals surface area contributed by atoms with Crippen LogP contribution in [0.3, 0.4) is 0 Å². The first kappa shape index (κ1) is 18.6. The normalized spacial score (nSPS) is 20.5. The number of aromatic nitrogens is 1. The Morgan fingerprint density at radius 1 is 1.30 bits per heavy atom. The molecule has 0 amide bonds. The van der Waals surface area contributed by atoms with E-state index in [2.05, 4.69) is 4.98 Å². The van der Waals surface area contributed by atoms with Crippen LogP contribution in [-0.2, 0) is 29.3 Å². The number of rotatable bonds is 5. The van der Waals surface area contributed by atoms with Crippen molar-refractivity contribution in [2.45, 2.75) is 17.8 Å². The Hall–Kier alpha value is -3.23. The van der Waals surface area contributed by atoms with E-state index in [9.17, 15) is 24.5 Å². The van der Waals surface area contributed by atoms with Crippen LogP contribution in [0, 0.1) is 16.0 Å². The molecule has 1 heterocycles. The molecular weight excluding hydrogens is 356 g/mol.